The van der Waals surface area contributed by atoms with Crippen molar-refractivity contribution >= 4 is 87.7 Å². The van der Waals surface area contributed by atoms with Crippen molar-refractivity contribution in [2.45, 2.75) is 216 Å². The Labute approximate surface area is 562 Å². The number of aliphatic hydroxyl groups is 1. The molecule has 2 aromatic rings. The molecule has 1 saturated heterocycles. The molecule has 0 aliphatic carbocycles. The third kappa shape index (κ3) is 21.8. The number of aromatic nitrogens is 2. The van der Waals surface area contributed by atoms with Crippen LogP contribution in [0.15, 0.2) is 23.2 Å². The number of hydrogen-bond donors (Lipinski definition) is 8. The van der Waals surface area contributed by atoms with E-state index < -0.39 is 156 Å². The standard InChI is InChI=1S/C67H114N16O12/c1-24-44-62(91)77(17)33-52(84)78(18)47(27-34(2)3)59(88)76-53(38(10)11)65(94)79(19)48(28-35(4)5)58(87)70-41(15)57(86)71-42(16)61(90)80(20)49(29-36(6)7)63(92)81(21)50(30-37(8)9)64(93)82(22)54(39(12)13)66(95)83(23)55(60(89)75-44)56(85)40(14)31-51-73-45-26-25-43(72-67(68)69)32-46(45)74-51/h25-26,32,34-42,44,47-50,53-56,85H,24,27-31,33H2,1-23H3,(H,70,87)(H,71,86)(H,73,74)(H,75,89)(H,76,88)(H4,68,69,72)/t40-,41+,42-,44+,47+,48+,49+,50+,53+,54+,55+,56-/m1/s1. The van der Waals surface area contributed by atoms with Gasteiger partial charge in [0.05, 0.1) is 29.4 Å². The topological polar surface area (TPSA) is 372 Å². The second kappa shape index (κ2) is 35.7. The third-order valence-corrected chi connectivity index (χ3v) is 17.6. The van der Waals surface area contributed by atoms with E-state index in [0.29, 0.717) is 22.5 Å². The molecule has 2 heterocycles. The molecule has 28 nitrogen and oxygen atoms in total. The van der Waals surface area contributed by atoms with Gasteiger partial charge in [0, 0.05) is 55.8 Å². The Morgan fingerprint density at radius 2 is 1.00 bits per heavy atom. The summed E-state index contributed by atoms with van der Waals surface area (Å²) in [5.41, 5.74) is 12.8. The van der Waals surface area contributed by atoms with E-state index in [2.05, 4.69) is 31.2 Å². The molecule has 0 radical (unpaired) electrons. The minimum atomic E-state index is -1.75. The van der Waals surface area contributed by atoms with E-state index in [9.17, 15) is 38.7 Å². The molecule has 11 amide bonds. The number of aliphatic hydroxyl groups excluding tert-OH is 1. The summed E-state index contributed by atoms with van der Waals surface area (Å²) in [6.45, 7) is 27.3. The number of amides is 11. The van der Waals surface area contributed by atoms with Crippen LogP contribution >= 0.6 is 0 Å². The molecule has 10 N–H and O–H groups in total. The molecule has 95 heavy (non-hydrogen) atoms. The normalized spacial score (nSPS) is 25.2. The fourth-order valence-corrected chi connectivity index (χ4v) is 12.0. The van der Waals surface area contributed by atoms with Crippen molar-refractivity contribution in [2.24, 2.45) is 57.9 Å². The first-order valence-corrected chi connectivity index (χ1v) is 33.3. The predicted molar refractivity (Wildman–Crippen MR) is 364 cm³/mol. The van der Waals surface area contributed by atoms with Gasteiger partial charge >= 0.3 is 0 Å². The summed E-state index contributed by atoms with van der Waals surface area (Å²) in [5.74, 6) is -10.2. The van der Waals surface area contributed by atoms with Crippen LogP contribution in [0.25, 0.3) is 11.0 Å². The number of hydrogen-bond acceptors (Lipinski definition) is 14. The lowest BCUT2D eigenvalue weighted by Gasteiger charge is -2.41. The Morgan fingerprint density at radius 1 is 0.537 bits per heavy atom. The molecule has 1 aromatic carbocycles. The summed E-state index contributed by atoms with van der Waals surface area (Å²) in [6.07, 6.45) is -1.16. The molecule has 534 valence electrons. The number of benzene rings is 1. The summed E-state index contributed by atoms with van der Waals surface area (Å²) in [6, 6.07) is -7.77. The molecule has 0 unspecified atom stereocenters. The van der Waals surface area contributed by atoms with E-state index in [1.165, 1.54) is 87.7 Å². The highest BCUT2D eigenvalue weighted by atomic mass is 16.3. The van der Waals surface area contributed by atoms with E-state index >= 15 is 19.2 Å². The highest BCUT2D eigenvalue weighted by Crippen LogP contribution is 2.27. The first-order valence-electron chi connectivity index (χ1n) is 33.3. The molecular formula is C67H114N16O12. The van der Waals surface area contributed by atoms with Gasteiger partial charge in [0.15, 0.2) is 5.96 Å². The third-order valence-electron chi connectivity index (χ3n) is 17.6. The van der Waals surface area contributed by atoms with Gasteiger partial charge in [-0.25, -0.2) is 9.98 Å². The van der Waals surface area contributed by atoms with E-state index in [1.54, 1.807) is 59.7 Å². The number of imidazole rings is 1. The highest BCUT2D eigenvalue weighted by Gasteiger charge is 2.46. The number of aromatic amines is 1. The lowest BCUT2D eigenvalue weighted by molar-refractivity contribution is -0.157. The predicted octanol–water partition coefficient (Wildman–Crippen LogP) is 2.33. The van der Waals surface area contributed by atoms with Crippen LogP contribution in [0.5, 0.6) is 0 Å². The zero-order valence-electron chi connectivity index (χ0n) is 60.7. The number of nitrogens with two attached hydrogens (primary N) is 2. The van der Waals surface area contributed by atoms with Crippen LogP contribution in [0.4, 0.5) is 5.69 Å². The summed E-state index contributed by atoms with van der Waals surface area (Å²) >= 11 is 0. The van der Waals surface area contributed by atoms with Crippen molar-refractivity contribution < 1.29 is 57.8 Å². The average Bonchev–Trinajstić information content (AvgIpc) is 1.57. The lowest BCUT2D eigenvalue weighted by atomic mass is 9.91. The van der Waals surface area contributed by atoms with Crippen molar-refractivity contribution in [1.82, 2.24) is 65.5 Å². The summed E-state index contributed by atoms with van der Waals surface area (Å²) in [7, 11) is 9.80. The number of carbonyl (C=O) groups excluding carboxylic acids is 11. The van der Waals surface area contributed by atoms with E-state index in [0.717, 1.165) is 9.80 Å². The van der Waals surface area contributed by atoms with Gasteiger partial charge < -0.3 is 77.1 Å². The van der Waals surface area contributed by atoms with Crippen molar-refractivity contribution in [3.8, 4) is 0 Å². The maximum atomic E-state index is 15.5. The van der Waals surface area contributed by atoms with Gasteiger partial charge in [-0.2, -0.15) is 0 Å². The number of aliphatic imine (C=N–C) groups is 1. The Hall–Kier alpha value is -7.91. The highest BCUT2D eigenvalue weighted by molar-refractivity contribution is 6.00. The molecule has 0 spiro atoms. The molecule has 0 saturated carbocycles. The van der Waals surface area contributed by atoms with Gasteiger partial charge in [0.25, 0.3) is 0 Å². The SMILES string of the molecule is CC[C@@H]1NC(=O)[C@H]([C@H](O)[C@H](C)Cc2nc3ccc(N=C(N)N)cc3[nH]2)N(C)C(=O)[C@H](C(C)C)N(C)C(=O)[C@H](CC(C)C)N(C)C(=O)[C@H](CC(C)C)N(C)C(=O)[C@@H](C)NC(=O)[C@H](C)NC(=O)[C@H](CC(C)C)N(C)C(=O)[C@H](C(C)C)NC(=O)[C@H](CC(C)C)N(C)C(=O)CN(C)C1=O. The summed E-state index contributed by atoms with van der Waals surface area (Å²) < 4.78 is 0. The Kier molecular flexibility index (Phi) is 30.6. The fraction of sp³-hybridized carbons (Fsp3) is 0.716. The maximum absolute atomic E-state index is 15.5. The van der Waals surface area contributed by atoms with Crippen molar-refractivity contribution in [1.29, 1.82) is 0 Å². The van der Waals surface area contributed by atoms with Gasteiger partial charge in [-0.15, -0.1) is 0 Å². The minimum Gasteiger partial charge on any atom is -0.390 e. The zero-order valence-corrected chi connectivity index (χ0v) is 60.7. The minimum absolute atomic E-state index is 0.0287. The number of fused-ring (bicyclic) bond motifs is 1. The van der Waals surface area contributed by atoms with Gasteiger partial charge in [-0.3, -0.25) is 52.7 Å². The molecule has 1 aliphatic rings. The lowest BCUT2D eigenvalue weighted by Crippen LogP contribution is -2.63. The van der Waals surface area contributed by atoms with Crippen LogP contribution in [-0.2, 0) is 59.2 Å². The molecule has 1 fully saturated rings. The van der Waals surface area contributed by atoms with Gasteiger partial charge in [-0.1, -0.05) is 96.9 Å². The molecule has 12 atom stereocenters. The van der Waals surface area contributed by atoms with Gasteiger partial charge in [-0.05, 0) is 106 Å². The van der Waals surface area contributed by atoms with Crippen molar-refractivity contribution in [3.05, 3.63) is 24.0 Å². The molecule has 1 aromatic heterocycles. The second-order valence-corrected chi connectivity index (χ2v) is 28.4. The molecule has 3 rings (SSSR count). The summed E-state index contributed by atoms with van der Waals surface area (Å²) in [5, 5.41) is 23.6. The Bertz CT molecular complexity index is 3050. The van der Waals surface area contributed by atoms with Crippen molar-refractivity contribution in [2.75, 3.05) is 55.9 Å². The number of nitrogens with zero attached hydrogens (tertiary/aromatic N) is 9. The number of carbonyl (C=O) groups is 11. The van der Waals surface area contributed by atoms with Gasteiger partial charge in [0.1, 0.15) is 66.2 Å². The molecule has 1 aliphatic heterocycles. The number of likely N-dealkylation sites (N-methyl/N-ethyl adjacent to an activating group) is 7. The van der Waals surface area contributed by atoms with E-state index in [-0.39, 0.29) is 68.2 Å². The number of rotatable bonds is 16. The quantitative estimate of drug-likeness (QED) is 0.0883. The van der Waals surface area contributed by atoms with Crippen LogP contribution < -0.4 is 32.7 Å². The molecule has 0 bridgehead atoms. The van der Waals surface area contributed by atoms with Crippen LogP contribution in [-0.4, -0.2) is 243 Å². The Balaban J connectivity index is 2.33. The molecular weight excluding hydrogens is 1220 g/mol. The second-order valence-electron chi connectivity index (χ2n) is 28.4. The molecule has 28 heteroatoms. The van der Waals surface area contributed by atoms with E-state index in [4.69, 9.17) is 16.5 Å². The fourth-order valence-electron chi connectivity index (χ4n) is 12.0. The first-order chi connectivity index (χ1) is 44.0. The van der Waals surface area contributed by atoms with Crippen LogP contribution in [0.1, 0.15) is 149 Å². The van der Waals surface area contributed by atoms with E-state index in [1.807, 2.05) is 55.4 Å². The Morgan fingerprint density at radius 3 is 1.49 bits per heavy atom. The van der Waals surface area contributed by atoms with Gasteiger partial charge in [0.2, 0.25) is 65.0 Å². The van der Waals surface area contributed by atoms with Crippen molar-refractivity contribution in [3.63, 3.8) is 0 Å². The first kappa shape index (κ1) is 81.3. The number of nitrogens with one attached hydrogen (secondary N) is 5. The largest absolute Gasteiger partial charge is 0.390 e. The average molecular weight is 1340 g/mol. The van der Waals surface area contributed by atoms with Crippen LogP contribution in [0, 0.1) is 41.4 Å². The number of H-pyrrole nitrogens is 1. The summed E-state index contributed by atoms with van der Waals surface area (Å²) in [4.78, 5) is 182. The number of guanidine groups is 1. The van der Waals surface area contributed by atoms with Crippen LogP contribution in [0.2, 0.25) is 0 Å². The smallest absolute Gasteiger partial charge is 0.246 e. The maximum Gasteiger partial charge on any atom is 0.246 e. The van der Waals surface area contributed by atoms with Crippen LogP contribution in [0.3, 0.4) is 0 Å². The monoisotopic (exact) mass is 1330 g/mol. The zero-order chi connectivity index (χ0) is 72.7.